The lowest BCUT2D eigenvalue weighted by molar-refractivity contribution is 0.421. The molecule has 0 saturated carbocycles. The third kappa shape index (κ3) is 3.09. The van der Waals surface area contributed by atoms with Crippen LogP contribution in [0.15, 0.2) is 29.2 Å². The first kappa shape index (κ1) is 13.1. The van der Waals surface area contributed by atoms with Gasteiger partial charge in [-0.05, 0) is 32.9 Å². The third-order valence-electron chi connectivity index (χ3n) is 2.48. The van der Waals surface area contributed by atoms with Crippen LogP contribution in [0.2, 0.25) is 5.02 Å². The number of rotatable bonds is 2. The van der Waals surface area contributed by atoms with E-state index in [-0.39, 0.29) is 11.1 Å². The van der Waals surface area contributed by atoms with Crippen molar-refractivity contribution in [2.45, 2.75) is 32.9 Å². The van der Waals surface area contributed by atoms with Crippen molar-refractivity contribution in [3.63, 3.8) is 0 Å². The van der Waals surface area contributed by atoms with Crippen LogP contribution in [0.1, 0.15) is 26.5 Å². The van der Waals surface area contributed by atoms with Gasteiger partial charge in [-0.15, -0.1) is 0 Å². The monoisotopic (exact) mass is 265 g/mol. The summed E-state index contributed by atoms with van der Waals surface area (Å²) >= 11 is 5.85. The molecule has 0 saturated heterocycles. The summed E-state index contributed by atoms with van der Waals surface area (Å²) in [6.07, 6.45) is 1.58. The Labute approximate surface area is 111 Å². The van der Waals surface area contributed by atoms with Gasteiger partial charge in [-0.3, -0.25) is 9.20 Å². The zero-order valence-corrected chi connectivity index (χ0v) is 11.5. The van der Waals surface area contributed by atoms with Crippen LogP contribution in [0.25, 0.3) is 5.65 Å². The number of fused-ring (bicyclic) bond motifs is 1. The fraction of sp³-hybridized carbons (Fsp3) is 0.385. The molecular formula is C13H16ClN3O. The van der Waals surface area contributed by atoms with Crippen molar-refractivity contribution >= 4 is 17.2 Å². The van der Waals surface area contributed by atoms with Crippen molar-refractivity contribution < 1.29 is 0 Å². The minimum Gasteiger partial charge on any atom is -0.306 e. The van der Waals surface area contributed by atoms with Gasteiger partial charge >= 0.3 is 0 Å². The van der Waals surface area contributed by atoms with E-state index in [1.165, 1.54) is 10.5 Å². The first-order valence-corrected chi connectivity index (χ1v) is 6.16. The van der Waals surface area contributed by atoms with Crippen LogP contribution in [0.3, 0.4) is 0 Å². The maximum Gasteiger partial charge on any atom is 0.258 e. The third-order valence-corrected chi connectivity index (χ3v) is 2.70. The molecule has 0 amide bonds. The first-order valence-electron chi connectivity index (χ1n) is 5.78. The summed E-state index contributed by atoms with van der Waals surface area (Å²) in [5.41, 5.74) is 1.22. The number of aromatic nitrogens is 2. The molecular weight excluding hydrogens is 250 g/mol. The maximum absolute atomic E-state index is 11.9. The standard InChI is InChI=1S/C13H16ClN3O/c1-13(2,3)15-7-10-6-12(18)17-8-9(14)4-5-11(17)16-10/h4-6,8,15H,7H2,1-3H3. The van der Waals surface area contributed by atoms with Crippen LogP contribution in [0.5, 0.6) is 0 Å². The predicted octanol–water partition coefficient (Wildman–Crippen LogP) is 2.24. The van der Waals surface area contributed by atoms with E-state index in [2.05, 4.69) is 31.1 Å². The van der Waals surface area contributed by atoms with Gasteiger partial charge in [-0.25, -0.2) is 4.98 Å². The Balaban J connectivity index is 2.38. The molecule has 0 bridgehead atoms. The highest BCUT2D eigenvalue weighted by molar-refractivity contribution is 6.30. The molecule has 2 heterocycles. The Morgan fingerprint density at radius 3 is 2.78 bits per heavy atom. The Morgan fingerprint density at radius 2 is 2.11 bits per heavy atom. The van der Waals surface area contributed by atoms with E-state index in [0.29, 0.717) is 17.2 Å². The summed E-state index contributed by atoms with van der Waals surface area (Å²) in [5, 5.41) is 3.83. The topological polar surface area (TPSA) is 46.4 Å². The molecule has 0 fully saturated rings. The summed E-state index contributed by atoms with van der Waals surface area (Å²) in [5.74, 6) is 0. The number of hydrogen-bond acceptors (Lipinski definition) is 3. The smallest absolute Gasteiger partial charge is 0.258 e. The summed E-state index contributed by atoms with van der Waals surface area (Å²) < 4.78 is 1.45. The van der Waals surface area contributed by atoms with Gasteiger partial charge in [-0.1, -0.05) is 11.6 Å². The molecule has 0 aliphatic rings. The van der Waals surface area contributed by atoms with E-state index in [1.807, 2.05) is 0 Å². The largest absolute Gasteiger partial charge is 0.306 e. The molecule has 2 aromatic heterocycles. The number of hydrogen-bond donors (Lipinski definition) is 1. The lowest BCUT2D eigenvalue weighted by Crippen LogP contribution is -2.35. The molecule has 18 heavy (non-hydrogen) atoms. The lowest BCUT2D eigenvalue weighted by atomic mass is 10.1. The van der Waals surface area contributed by atoms with E-state index in [0.717, 1.165) is 5.69 Å². The average molecular weight is 266 g/mol. The van der Waals surface area contributed by atoms with Gasteiger partial charge < -0.3 is 5.32 Å². The van der Waals surface area contributed by atoms with E-state index >= 15 is 0 Å². The van der Waals surface area contributed by atoms with Crippen LogP contribution in [-0.2, 0) is 6.54 Å². The van der Waals surface area contributed by atoms with Gasteiger partial charge in [0.15, 0.2) is 0 Å². The van der Waals surface area contributed by atoms with Crippen LogP contribution in [-0.4, -0.2) is 14.9 Å². The summed E-state index contributed by atoms with van der Waals surface area (Å²) in [4.78, 5) is 16.3. The fourth-order valence-electron chi connectivity index (χ4n) is 1.57. The minimum absolute atomic E-state index is 0.00712. The SMILES string of the molecule is CC(C)(C)NCc1cc(=O)n2cc(Cl)ccc2n1. The van der Waals surface area contributed by atoms with Gasteiger partial charge in [0.1, 0.15) is 5.65 Å². The van der Waals surface area contributed by atoms with Crippen molar-refractivity contribution in [1.82, 2.24) is 14.7 Å². The number of halogens is 1. The second kappa shape index (κ2) is 4.71. The summed E-state index contributed by atoms with van der Waals surface area (Å²) in [6.45, 7) is 6.78. The van der Waals surface area contributed by atoms with Crippen LogP contribution >= 0.6 is 11.6 Å². The molecule has 2 aromatic rings. The van der Waals surface area contributed by atoms with Crippen molar-refractivity contribution in [2.24, 2.45) is 0 Å². The van der Waals surface area contributed by atoms with Gasteiger partial charge in [0.2, 0.25) is 0 Å². The van der Waals surface area contributed by atoms with Crippen LogP contribution in [0.4, 0.5) is 0 Å². The van der Waals surface area contributed by atoms with Crippen LogP contribution < -0.4 is 10.9 Å². The molecule has 0 atom stereocenters. The Bertz CT molecular complexity index is 628. The highest BCUT2D eigenvalue weighted by Gasteiger charge is 2.10. The predicted molar refractivity (Wildman–Crippen MR) is 73.1 cm³/mol. The molecule has 0 aliphatic heterocycles. The van der Waals surface area contributed by atoms with Crippen molar-refractivity contribution in [2.75, 3.05) is 0 Å². The summed E-state index contributed by atoms with van der Waals surface area (Å²) in [7, 11) is 0. The fourth-order valence-corrected chi connectivity index (χ4v) is 1.73. The van der Waals surface area contributed by atoms with Gasteiger partial charge in [0, 0.05) is 24.3 Å². The lowest BCUT2D eigenvalue weighted by Gasteiger charge is -2.20. The second-order valence-corrected chi connectivity index (χ2v) is 5.70. The molecule has 0 aromatic carbocycles. The van der Waals surface area contributed by atoms with Gasteiger partial charge in [-0.2, -0.15) is 0 Å². The molecule has 0 spiro atoms. The quantitative estimate of drug-likeness (QED) is 0.906. The molecule has 5 heteroatoms. The number of nitrogens with zero attached hydrogens (tertiary/aromatic N) is 2. The minimum atomic E-state index is -0.117. The molecule has 1 N–H and O–H groups in total. The van der Waals surface area contributed by atoms with Crippen LogP contribution in [0, 0.1) is 0 Å². The number of nitrogens with one attached hydrogen (secondary N) is 1. The zero-order valence-electron chi connectivity index (χ0n) is 10.7. The molecule has 0 radical (unpaired) electrons. The Kier molecular flexibility index (Phi) is 3.41. The zero-order chi connectivity index (χ0) is 13.3. The second-order valence-electron chi connectivity index (χ2n) is 5.26. The van der Waals surface area contributed by atoms with Gasteiger partial charge in [0.05, 0.1) is 10.7 Å². The highest BCUT2D eigenvalue weighted by atomic mass is 35.5. The maximum atomic E-state index is 11.9. The van der Waals surface area contributed by atoms with Crippen molar-refractivity contribution in [3.8, 4) is 0 Å². The molecule has 0 aliphatic carbocycles. The Hall–Kier alpha value is -1.39. The molecule has 96 valence electrons. The molecule has 4 nitrogen and oxygen atoms in total. The van der Waals surface area contributed by atoms with Gasteiger partial charge in [0.25, 0.3) is 5.56 Å². The van der Waals surface area contributed by atoms with Crippen molar-refractivity contribution in [3.05, 3.63) is 45.5 Å². The average Bonchev–Trinajstić information content (AvgIpc) is 2.26. The van der Waals surface area contributed by atoms with E-state index in [1.54, 1.807) is 18.3 Å². The molecule has 0 unspecified atom stereocenters. The molecule has 2 rings (SSSR count). The van der Waals surface area contributed by atoms with E-state index < -0.39 is 0 Å². The van der Waals surface area contributed by atoms with E-state index in [4.69, 9.17) is 11.6 Å². The number of pyridine rings is 1. The highest BCUT2D eigenvalue weighted by Crippen LogP contribution is 2.08. The first-order chi connectivity index (χ1) is 8.35. The van der Waals surface area contributed by atoms with E-state index in [9.17, 15) is 4.79 Å². The van der Waals surface area contributed by atoms with Crippen molar-refractivity contribution in [1.29, 1.82) is 0 Å². The normalized spacial score (nSPS) is 12.0. The Morgan fingerprint density at radius 1 is 1.39 bits per heavy atom. The summed E-state index contributed by atoms with van der Waals surface area (Å²) in [6, 6.07) is 5.00.